The van der Waals surface area contributed by atoms with E-state index in [4.69, 9.17) is 0 Å². The van der Waals surface area contributed by atoms with E-state index in [2.05, 4.69) is 89.5 Å². The van der Waals surface area contributed by atoms with Crippen LogP contribution in [-0.4, -0.2) is 6.71 Å². The van der Waals surface area contributed by atoms with Gasteiger partial charge in [0.15, 0.2) is 0 Å². The second-order valence-electron chi connectivity index (χ2n) is 16.3. The van der Waals surface area contributed by atoms with Crippen LogP contribution >= 0.6 is 0 Å². The Bertz CT molecular complexity index is 2010. The van der Waals surface area contributed by atoms with Crippen molar-refractivity contribution in [3.8, 4) is 0 Å². The number of fused-ring (bicyclic) bond motifs is 8. The number of benzene rings is 5. The monoisotopic (exact) mass is 650 g/mol. The van der Waals surface area contributed by atoms with Crippen LogP contribution in [0.25, 0.3) is 0 Å². The normalized spacial score (nSPS) is 18.3. The third-order valence-corrected chi connectivity index (χ3v) is 13.4. The molecule has 0 bridgehead atoms. The molecule has 6 aliphatic rings. The van der Waals surface area contributed by atoms with Crippen molar-refractivity contribution < 1.29 is 0 Å². The summed E-state index contributed by atoms with van der Waals surface area (Å²) in [5.74, 6) is 0. The molecule has 0 saturated heterocycles. The van der Waals surface area contributed by atoms with E-state index in [9.17, 15) is 0 Å². The van der Waals surface area contributed by atoms with Crippen LogP contribution < -0.4 is 26.2 Å². The van der Waals surface area contributed by atoms with Crippen LogP contribution in [0, 0.1) is 6.92 Å². The van der Waals surface area contributed by atoms with Crippen molar-refractivity contribution in [3.05, 3.63) is 123 Å². The van der Waals surface area contributed by atoms with Crippen LogP contribution in [0.1, 0.15) is 101 Å². The first-order valence-electron chi connectivity index (χ1n) is 20.0. The molecule has 50 heavy (non-hydrogen) atoms. The smallest absolute Gasteiger partial charge is 0.252 e. The third kappa shape index (κ3) is 4.22. The van der Waals surface area contributed by atoms with Crippen LogP contribution in [0.2, 0.25) is 0 Å². The van der Waals surface area contributed by atoms with E-state index in [1.807, 2.05) is 0 Å². The average molecular weight is 651 g/mol. The summed E-state index contributed by atoms with van der Waals surface area (Å²) in [5.41, 5.74) is 27.6. The van der Waals surface area contributed by atoms with E-state index in [1.165, 1.54) is 147 Å². The van der Waals surface area contributed by atoms with Gasteiger partial charge in [-0.1, -0.05) is 48.5 Å². The van der Waals surface area contributed by atoms with Gasteiger partial charge in [0.25, 0.3) is 6.71 Å². The molecule has 2 heterocycles. The number of rotatable bonds is 2. The Hall–Kier alpha value is -4.24. The molecule has 0 atom stereocenters. The van der Waals surface area contributed by atoms with E-state index >= 15 is 0 Å². The summed E-state index contributed by atoms with van der Waals surface area (Å²) in [5, 5.41) is 0. The predicted molar refractivity (Wildman–Crippen MR) is 212 cm³/mol. The third-order valence-electron chi connectivity index (χ3n) is 13.4. The van der Waals surface area contributed by atoms with Crippen molar-refractivity contribution in [2.45, 2.75) is 110 Å². The van der Waals surface area contributed by atoms with E-state index in [-0.39, 0.29) is 6.71 Å². The molecule has 248 valence electrons. The predicted octanol–water partition coefficient (Wildman–Crippen LogP) is 9.59. The first-order valence-corrected chi connectivity index (χ1v) is 20.0. The van der Waals surface area contributed by atoms with Gasteiger partial charge in [-0.25, -0.2) is 0 Å². The number of para-hydroxylation sites is 2. The lowest BCUT2D eigenvalue weighted by Crippen LogP contribution is -2.61. The minimum atomic E-state index is 0.214. The molecule has 0 radical (unpaired) electrons. The Kier molecular flexibility index (Phi) is 6.72. The SMILES string of the molecule is Cc1cc2c3c(c1)N(c1c4c(cc5c1CCCC5)CCCC4)c1ccccc1B3c1ccccc1N2c1c2c(cc3c1CCCC3)CCCC2. The van der Waals surface area contributed by atoms with Gasteiger partial charge in [-0.05, 0) is 200 Å². The number of anilines is 6. The molecular weight excluding hydrogens is 603 g/mol. The standard InChI is InChI=1S/C47H47BN2/c1-30-26-43-45-44(27-30)50(47-37-20-8-4-16-33(37)29-34-17-5-9-21-38(34)47)42-25-13-11-23-40(42)48(45)39-22-10-12-24-41(39)49(43)46-35-18-6-2-14-31(35)28-32-15-3-7-19-36(32)46/h10-13,22-29H,2-9,14-21H2,1H3. The summed E-state index contributed by atoms with van der Waals surface area (Å²) in [6.07, 6.45) is 20.2. The lowest BCUT2D eigenvalue weighted by atomic mass is 9.33. The molecule has 5 aromatic rings. The van der Waals surface area contributed by atoms with Crippen molar-refractivity contribution in [1.29, 1.82) is 0 Å². The van der Waals surface area contributed by atoms with Crippen molar-refractivity contribution >= 4 is 57.2 Å². The second kappa shape index (κ2) is 11.4. The topological polar surface area (TPSA) is 6.48 Å². The minimum Gasteiger partial charge on any atom is -0.311 e. The average Bonchev–Trinajstić information content (AvgIpc) is 3.16. The van der Waals surface area contributed by atoms with E-state index in [0.717, 1.165) is 0 Å². The van der Waals surface area contributed by atoms with Gasteiger partial charge in [-0.15, -0.1) is 0 Å². The summed E-state index contributed by atoms with van der Waals surface area (Å²) in [6, 6.07) is 29.4. The molecule has 4 aliphatic carbocycles. The van der Waals surface area contributed by atoms with Gasteiger partial charge in [0.2, 0.25) is 0 Å². The number of nitrogens with zero attached hydrogens (tertiary/aromatic N) is 2. The molecule has 3 heteroatoms. The maximum Gasteiger partial charge on any atom is 0.252 e. The molecule has 11 rings (SSSR count). The summed E-state index contributed by atoms with van der Waals surface area (Å²) in [4.78, 5) is 5.60. The largest absolute Gasteiger partial charge is 0.311 e. The maximum atomic E-state index is 2.80. The lowest BCUT2D eigenvalue weighted by Gasteiger charge is -2.47. The summed E-state index contributed by atoms with van der Waals surface area (Å²) < 4.78 is 0. The molecule has 0 aromatic heterocycles. The van der Waals surface area contributed by atoms with E-state index in [0.29, 0.717) is 0 Å². The molecule has 0 unspecified atom stereocenters. The lowest BCUT2D eigenvalue weighted by molar-refractivity contribution is 0.658. The number of aryl methyl sites for hydroxylation is 5. The highest BCUT2D eigenvalue weighted by Gasteiger charge is 2.45. The van der Waals surface area contributed by atoms with Crippen LogP contribution in [0.15, 0.2) is 72.8 Å². The summed E-state index contributed by atoms with van der Waals surface area (Å²) in [7, 11) is 0. The van der Waals surface area contributed by atoms with Gasteiger partial charge in [0.05, 0.1) is 11.4 Å². The van der Waals surface area contributed by atoms with Crippen molar-refractivity contribution in [2.75, 3.05) is 9.80 Å². The number of hydrogen-bond donors (Lipinski definition) is 0. The number of hydrogen-bond acceptors (Lipinski definition) is 2. The molecule has 0 saturated carbocycles. The molecule has 5 aromatic carbocycles. The van der Waals surface area contributed by atoms with Crippen molar-refractivity contribution in [2.24, 2.45) is 0 Å². The molecule has 0 spiro atoms. The molecule has 0 amide bonds. The quantitative estimate of drug-likeness (QED) is 0.172. The summed E-state index contributed by atoms with van der Waals surface area (Å²) in [6.45, 7) is 2.57. The maximum absolute atomic E-state index is 2.80. The first-order chi connectivity index (χ1) is 24.7. The Morgan fingerprint density at radius 2 is 0.780 bits per heavy atom. The Labute approximate surface area is 298 Å². The zero-order valence-corrected chi connectivity index (χ0v) is 29.7. The Morgan fingerprint density at radius 1 is 0.420 bits per heavy atom. The zero-order chi connectivity index (χ0) is 32.9. The molecular formula is C47H47BN2. The summed E-state index contributed by atoms with van der Waals surface area (Å²) >= 11 is 0. The fraction of sp³-hybridized carbons (Fsp3) is 0.362. The van der Waals surface area contributed by atoms with Gasteiger partial charge < -0.3 is 9.80 Å². The van der Waals surface area contributed by atoms with Crippen LogP contribution in [0.3, 0.4) is 0 Å². The molecule has 0 fully saturated rings. The Balaban J connectivity index is 1.24. The highest BCUT2D eigenvalue weighted by molar-refractivity contribution is 7.00. The fourth-order valence-electron chi connectivity index (χ4n) is 11.3. The van der Waals surface area contributed by atoms with Crippen LogP contribution in [0.4, 0.5) is 34.1 Å². The van der Waals surface area contributed by atoms with Crippen molar-refractivity contribution in [3.63, 3.8) is 0 Å². The first kappa shape index (κ1) is 29.5. The fourth-order valence-corrected chi connectivity index (χ4v) is 11.3. The van der Waals surface area contributed by atoms with E-state index in [1.54, 1.807) is 55.9 Å². The second-order valence-corrected chi connectivity index (χ2v) is 16.3. The highest BCUT2D eigenvalue weighted by Crippen LogP contribution is 2.51. The van der Waals surface area contributed by atoms with Crippen LogP contribution in [0.5, 0.6) is 0 Å². The van der Waals surface area contributed by atoms with Gasteiger partial charge >= 0.3 is 0 Å². The molecule has 0 N–H and O–H groups in total. The highest BCUT2D eigenvalue weighted by atomic mass is 15.2. The molecule has 2 aliphatic heterocycles. The van der Waals surface area contributed by atoms with Gasteiger partial charge in [0, 0.05) is 22.7 Å². The van der Waals surface area contributed by atoms with E-state index < -0.39 is 0 Å². The van der Waals surface area contributed by atoms with Gasteiger partial charge in [0.1, 0.15) is 0 Å². The zero-order valence-electron chi connectivity index (χ0n) is 29.7. The van der Waals surface area contributed by atoms with Crippen molar-refractivity contribution in [1.82, 2.24) is 0 Å². The minimum absolute atomic E-state index is 0.214. The van der Waals surface area contributed by atoms with Gasteiger partial charge in [-0.3, -0.25) is 0 Å². The van der Waals surface area contributed by atoms with Gasteiger partial charge in [-0.2, -0.15) is 0 Å². The van der Waals surface area contributed by atoms with Crippen LogP contribution in [-0.2, 0) is 51.4 Å². The Morgan fingerprint density at radius 3 is 1.18 bits per heavy atom. The molecule has 2 nitrogen and oxygen atoms in total.